The molecule has 0 spiro atoms. The normalized spacial score (nSPS) is 17.5. The highest BCUT2D eigenvalue weighted by Crippen LogP contribution is 2.31. The number of rotatable bonds is 17. The van der Waals surface area contributed by atoms with E-state index in [9.17, 15) is 24.3 Å². The van der Waals surface area contributed by atoms with E-state index in [0.717, 1.165) is 27.3 Å². The van der Waals surface area contributed by atoms with Gasteiger partial charge in [-0.1, -0.05) is 68.8 Å². The van der Waals surface area contributed by atoms with Crippen molar-refractivity contribution >= 4 is 46.6 Å². The number of nitrogens with two attached hydrogens (primary N) is 2. The molecule has 7 N–H and O–H groups in total. The van der Waals surface area contributed by atoms with E-state index in [-0.39, 0.29) is 56.3 Å². The molecule has 53 heavy (non-hydrogen) atoms. The van der Waals surface area contributed by atoms with Gasteiger partial charge < -0.3 is 36.8 Å². The molecule has 12 nitrogen and oxygen atoms in total. The van der Waals surface area contributed by atoms with Gasteiger partial charge in [-0.15, -0.1) is 11.3 Å². The molecule has 4 rings (SSSR count). The SMILES string of the molecule is Cc1ncsc1-c1ccc([C@H](C)NC(=O)[C@@H]2C[C@H](O)CN2C(=O)C(NC(=O)CCCCc2cccc(OC[C@@H](N)CCC(N)=O)c2Cl)C(C)(C)C)cc1. The minimum atomic E-state index is -0.909. The van der Waals surface area contributed by atoms with Crippen molar-refractivity contribution < 1.29 is 29.0 Å². The first-order valence-corrected chi connectivity index (χ1v) is 19.3. The quantitative estimate of drug-likeness (QED) is 0.121. The number of hydrogen-bond donors (Lipinski definition) is 5. The van der Waals surface area contributed by atoms with Crippen LogP contribution in [0.15, 0.2) is 48.0 Å². The first-order chi connectivity index (χ1) is 25.0. The molecule has 1 aromatic heterocycles. The van der Waals surface area contributed by atoms with Crippen LogP contribution in [0.1, 0.15) is 89.1 Å². The molecule has 4 amide bonds. The number of nitrogens with zero attached hydrogens (tertiary/aromatic N) is 2. The monoisotopic (exact) mass is 768 g/mol. The molecule has 0 bridgehead atoms. The van der Waals surface area contributed by atoms with Crippen molar-refractivity contribution in [2.45, 2.75) is 110 Å². The topological polar surface area (TPSA) is 190 Å². The summed E-state index contributed by atoms with van der Waals surface area (Å²) in [4.78, 5) is 58.6. The third-order valence-corrected chi connectivity index (χ3v) is 10.8. The zero-order valence-electron chi connectivity index (χ0n) is 31.2. The molecule has 1 saturated heterocycles. The number of β-amino-alcohol motifs (C(OH)–C–C–N with tert-alkyl or cyclic N) is 1. The minimum Gasteiger partial charge on any atom is -0.490 e. The van der Waals surface area contributed by atoms with Gasteiger partial charge in [0.2, 0.25) is 23.6 Å². The number of aliphatic hydroxyl groups is 1. The lowest BCUT2D eigenvalue weighted by atomic mass is 9.85. The fourth-order valence-electron chi connectivity index (χ4n) is 6.32. The largest absolute Gasteiger partial charge is 0.490 e. The van der Waals surface area contributed by atoms with Crippen LogP contribution in [0.2, 0.25) is 5.02 Å². The maximum absolute atomic E-state index is 14.0. The molecule has 0 saturated carbocycles. The molecule has 1 fully saturated rings. The maximum atomic E-state index is 14.0. The number of nitrogens with one attached hydrogen (secondary N) is 2. The number of aromatic nitrogens is 1. The Labute approximate surface area is 321 Å². The molecule has 14 heteroatoms. The Bertz CT molecular complexity index is 1730. The third kappa shape index (κ3) is 11.7. The van der Waals surface area contributed by atoms with Crippen molar-refractivity contribution in [2.24, 2.45) is 16.9 Å². The van der Waals surface area contributed by atoms with Gasteiger partial charge in [0.05, 0.1) is 33.3 Å². The lowest BCUT2D eigenvalue weighted by molar-refractivity contribution is -0.144. The van der Waals surface area contributed by atoms with Crippen LogP contribution in [0.5, 0.6) is 5.75 Å². The van der Waals surface area contributed by atoms with Crippen molar-refractivity contribution in [2.75, 3.05) is 13.2 Å². The predicted octanol–water partition coefficient (Wildman–Crippen LogP) is 4.83. The van der Waals surface area contributed by atoms with Gasteiger partial charge >= 0.3 is 0 Å². The summed E-state index contributed by atoms with van der Waals surface area (Å²) in [6, 6.07) is 10.9. The summed E-state index contributed by atoms with van der Waals surface area (Å²) in [7, 11) is 0. The van der Waals surface area contributed by atoms with Gasteiger partial charge in [-0.3, -0.25) is 19.2 Å². The number of carbonyl (C=O) groups is 4. The number of ether oxygens (including phenoxy) is 1. The predicted molar refractivity (Wildman–Crippen MR) is 207 cm³/mol. The number of hydrogen-bond acceptors (Lipinski definition) is 9. The first-order valence-electron chi connectivity index (χ1n) is 18.1. The van der Waals surface area contributed by atoms with E-state index >= 15 is 0 Å². The van der Waals surface area contributed by atoms with Gasteiger partial charge in [-0.25, -0.2) is 4.98 Å². The van der Waals surface area contributed by atoms with Crippen molar-refractivity contribution in [3.05, 3.63) is 69.8 Å². The van der Waals surface area contributed by atoms with Crippen LogP contribution in [0.4, 0.5) is 0 Å². The van der Waals surface area contributed by atoms with Crippen molar-refractivity contribution in [1.29, 1.82) is 0 Å². The van der Waals surface area contributed by atoms with Gasteiger partial charge in [-0.05, 0) is 67.7 Å². The van der Waals surface area contributed by atoms with E-state index in [1.165, 1.54) is 4.90 Å². The Morgan fingerprint density at radius 2 is 1.81 bits per heavy atom. The number of aliphatic hydroxyl groups excluding tert-OH is 1. The van der Waals surface area contributed by atoms with Crippen LogP contribution < -0.4 is 26.8 Å². The van der Waals surface area contributed by atoms with Crippen molar-refractivity contribution in [3.8, 4) is 16.2 Å². The van der Waals surface area contributed by atoms with E-state index in [4.69, 9.17) is 27.8 Å². The Morgan fingerprint density at radius 1 is 1.09 bits per heavy atom. The van der Waals surface area contributed by atoms with E-state index < -0.39 is 35.4 Å². The Morgan fingerprint density at radius 3 is 2.45 bits per heavy atom. The number of halogens is 1. The molecule has 0 aliphatic carbocycles. The Kier molecular flexibility index (Phi) is 14.8. The van der Waals surface area contributed by atoms with Crippen molar-refractivity contribution in [3.63, 3.8) is 0 Å². The van der Waals surface area contributed by atoms with Crippen LogP contribution in [-0.2, 0) is 25.6 Å². The van der Waals surface area contributed by atoms with E-state index in [2.05, 4.69) is 15.6 Å². The minimum absolute atomic E-state index is 0.000499. The summed E-state index contributed by atoms with van der Waals surface area (Å²) < 4.78 is 5.79. The zero-order chi connectivity index (χ0) is 38.9. The Balaban J connectivity index is 1.30. The maximum Gasteiger partial charge on any atom is 0.246 e. The number of unbranched alkanes of at least 4 members (excludes halogenated alkanes) is 1. The number of aryl methyl sites for hydroxylation is 2. The molecule has 3 aromatic rings. The number of amides is 4. The number of primary amides is 1. The summed E-state index contributed by atoms with van der Waals surface area (Å²) >= 11 is 8.17. The van der Waals surface area contributed by atoms with E-state index in [1.807, 2.05) is 76.5 Å². The summed E-state index contributed by atoms with van der Waals surface area (Å²) in [5.74, 6) is -0.965. The van der Waals surface area contributed by atoms with Gasteiger partial charge in [0.25, 0.3) is 0 Å². The number of likely N-dealkylation sites (tertiary alicyclic amines) is 1. The first kappa shape index (κ1) is 41.7. The molecule has 1 aliphatic heterocycles. The smallest absolute Gasteiger partial charge is 0.246 e. The molecule has 5 atom stereocenters. The molecule has 0 radical (unpaired) electrons. The Hall–Kier alpha value is -4.04. The zero-order valence-corrected chi connectivity index (χ0v) is 32.8. The van der Waals surface area contributed by atoms with E-state index in [1.54, 1.807) is 17.4 Å². The fourth-order valence-corrected chi connectivity index (χ4v) is 7.40. The molecule has 1 aliphatic rings. The second kappa shape index (κ2) is 18.8. The highest BCUT2D eigenvalue weighted by Gasteiger charge is 2.44. The van der Waals surface area contributed by atoms with Gasteiger partial charge in [0, 0.05) is 31.8 Å². The summed E-state index contributed by atoms with van der Waals surface area (Å²) in [6.45, 7) is 9.62. The summed E-state index contributed by atoms with van der Waals surface area (Å²) in [6.07, 6.45) is 1.84. The molecular weight excluding hydrogens is 716 g/mol. The number of carbonyl (C=O) groups excluding carboxylic acids is 4. The number of thiazole rings is 1. The lowest BCUT2D eigenvalue weighted by Gasteiger charge is -2.35. The molecule has 2 aromatic carbocycles. The van der Waals surface area contributed by atoms with Gasteiger partial charge in [-0.2, -0.15) is 0 Å². The van der Waals surface area contributed by atoms with Gasteiger partial charge in [0.1, 0.15) is 24.4 Å². The van der Waals surface area contributed by atoms with Crippen LogP contribution >= 0.6 is 22.9 Å². The average Bonchev–Trinajstić information content (AvgIpc) is 3.72. The summed E-state index contributed by atoms with van der Waals surface area (Å²) in [5, 5.41) is 17.0. The highest BCUT2D eigenvalue weighted by molar-refractivity contribution is 7.13. The standard InChI is InChI=1S/C39H53ClN6O6S/c1-23(25-13-15-27(16-14-25)35-24(2)43-22-53-35)44-37(50)30-19-29(47)20-46(30)38(51)36(39(3,4)5)45-33(49)12-7-6-9-26-10-8-11-31(34(26)40)52-21-28(41)17-18-32(42)48/h8,10-11,13-16,22-23,28-30,36,47H,6-7,9,12,17-21,41H2,1-5H3,(H2,42,48)(H,44,50)(H,45,49)/t23-,28-,29-,30-,36?/m0/s1. The van der Waals surface area contributed by atoms with Crippen molar-refractivity contribution in [1.82, 2.24) is 20.5 Å². The van der Waals surface area contributed by atoms with Gasteiger partial charge in [0.15, 0.2) is 0 Å². The average molecular weight is 769 g/mol. The second-order valence-corrected chi connectivity index (χ2v) is 16.1. The molecule has 1 unspecified atom stereocenters. The molecule has 2 heterocycles. The van der Waals surface area contributed by atoms with Crippen LogP contribution in [0.25, 0.3) is 10.4 Å². The molecular formula is C39H53ClN6O6S. The van der Waals surface area contributed by atoms with Crippen LogP contribution in [0.3, 0.4) is 0 Å². The van der Waals surface area contributed by atoms with Crippen LogP contribution in [0, 0.1) is 12.3 Å². The summed E-state index contributed by atoms with van der Waals surface area (Å²) in [5.41, 5.74) is 16.1. The lowest BCUT2D eigenvalue weighted by Crippen LogP contribution is -2.57. The fraction of sp³-hybridized carbons (Fsp3) is 0.513. The molecule has 288 valence electrons. The number of benzene rings is 2. The van der Waals surface area contributed by atoms with Crippen LogP contribution in [-0.4, -0.2) is 76.0 Å². The highest BCUT2D eigenvalue weighted by atomic mass is 35.5. The third-order valence-electron chi connectivity index (χ3n) is 9.42. The second-order valence-electron chi connectivity index (χ2n) is 14.9. The van der Waals surface area contributed by atoms with E-state index in [0.29, 0.717) is 36.5 Å².